The molecule has 3 aromatic rings. The molecule has 0 radical (unpaired) electrons. The lowest BCUT2D eigenvalue weighted by Crippen LogP contribution is -1.77. The van der Waals surface area contributed by atoms with Crippen LogP contribution in [0.15, 0.2) is 103 Å². The maximum Gasteiger partial charge on any atom is 0.0133 e. The summed E-state index contributed by atoms with van der Waals surface area (Å²) in [6, 6.07) is 27.3. The van der Waals surface area contributed by atoms with Crippen LogP contribution in [0.3, 0.4) is 0 Å². The number of rotatable bonds is 4. The Labute approximate surface area is 139 Å². The van der Waals surface area contributed by atoms with Crippen molar-refractivity contribution in [3.8, 4) is 0 Å². The molecule has 0 unspecified atom stereocenters. The summed E-state index contributed by atoms with van der Waals surface area (Å²) in [4.78, 5) is 5.97. The van der Waals surface area contributed by atoms with Gasteiger partial charge in [0.25, 0.3) is 0 Å². The fourth-order valence-corrected chi connectivity index (χ4v) is 4.13. The quantitative estimate of drug-likeness (QED) is 0.560. The van der Waals surface area contributed by atoms with Crippen LogP contribution in [0.4, 0.5) is 0 Å². The summed E-state index contributed by atoms with van der Waals surface area (Å²) in [5, 5.41) is 0. The average molecular weight is 327 g/mol. The van der Waals surface area contributed by atoms with E-state index in [-0.39, 0.29) is 0 Å². The summed E-state index contributed by atoms with van der Waals surface area (Å²) in [5.41, 5.74) is 0. The molecule has 3 rings (SSSR count). The highest BCUT2D eigenvalue weighted by atomic mass is 32.2. The molecular formula is C18H14S3. The second-order valence-corrected chi connectivity index (χ2v) is 7.30. The lowest BCUT2D eigenvalue weighted by molar-refractivity contribution is 1.29. The molecule has 0 aromatic heterocycles. The maximum atomic E-state index is 4.39. The maximum absolute atomic E-state index is 4.39. The molecule has 0 bridgehead atoms. The van der Waals surface area contributed by atoms with Crippen LogP contribution in [0.25, 0.3) is 0 Å². The predicted octanol–water partition coefficient (Wildman–Crippen LogP) is 6.28. The zero-order valence-corrected chi connectivity index (χ0v) is 13.8. The molecule has 0 atom stereocenters. The van der Waals surface area contributed by atoms with Gasteiger partial charge in [-0.15, -0.1) is 12.6 Å². The molecule has 0 spiro atoms. The Bertz CT molecular complexity index is 723. The first-order valence-corrected chi connectivity index (χ1v) is 8.67. The van der Waals surface area contributed by atoms with Crippen molar-refractivity contribution in [2.75, 3.05) is 0 Å². The van der Waals surface area contributed by atoms with Gasteiger partial charge in [-0.05, 0) is 48.5 Å². The lowest BCUT2D eigenvalue weighted by atomic mass is 10.4. The molecular weight excluding hydrogens is 312 g/mol. The predicted molar refractivity (Wildman–Crippen MR) is 94.8 cm³/mol. The van der Waals surface area contributed by atoms with Crippen molar-refractivity contribution in [1.29, 1.82) is 0 Å². The van der Waals surface area contributed by atoms with Crippen molar-refractivity contribution in [2.45, 2.75) is 24.5 Å². The molecule has 0 aliphatic carbocycles. The second kappa shape index (κ2) is 7.12. The van der Waals surface area contributed by atoms with Gasteiger partial charge in [-0.2, -0.15) is 0 Å². The third-order valence-corrected chi connectivity index (χ3v) is 5.09. The molecule has 21 heavy (non-hydrogen) atoms. The van der Waals surface area contributed by atoms with E-state index < -0.39 is 0 Å². The molecule has 104 valence electrons. The zero-order chi connectivity index (χ0) is 14.5. The van der Waals surface area contributed by atoms with Gasteiger partial charge in [0.2, 0.25) is 0 Å². The molecule has 0 saturated heterocycles. The van der Waals surface area contributed by atoms with Crippen molar-refractivity contribution in [3.63, 3.8) is 0 Å². The van der Waals surface area contributed by atoms with E-state index in [4.69, 9.17) is 0 Å². The first kappa shape index (κ1) is 14.6. The molecule has 3 aromatic carbocycles. The van der Waals surface area contributed by atoms with Gasteiger partial charge in [-0.25, -0.2) is 0 Å². The second-order valence-electron chi connectivity index (χ2n) is 4.49. The van der Waals surface area contributed by atoms with Crippen LogP contribution in [0.5, 0.6) is 0 Å². The van der Waals surface area contributed by atoms with E-state index in [0.717, 1.165) is 4.90 Å². The SMILES string of the molecule is Sc1cccc(Sc2cccc(Sc3ccccc3)c2)c1. The minimum atomic E-state index is 0.995. The van der Waals surface area contributed by atoms with E-state index in [0.29, 0.717) is 0 Å². The standard InChI is InChI=1S/C18H14S3/c19-14-6-4-9-16(12-14)21-18-11-5-10-17(13-18)20-15-7-2-1-3-8-15/h1-13,19H. The van der Waals surface area contributed by atoms with E-state index in [1.54, 1.807) is 23.5 Å². The van der Waals surface area contributed by atoms with Gasteiger partial charge in [0.15, 0.2) is 0 Å². The Morgan fingerprint density at radius 1 is 0.524 bits per heavy atom. The average Bonchev–Trinajstić information content (AvgIpc) is 2.49. The van der Waals surface area contributed by atoms with Gasteiger partial charge < -0.3 is 0 Å². The van der Waals surface area contributed by atoms with Crippen molar-refractivity contribution in [3.05, 3.63) is 78.9 Å². The van der Waals surface area contributed by atoms with Gasteiger partial charge in [-0.1, -0.05) is 53.9 Å². The largest absolute Gasteiger partial charge is 0.143 e. The van der Waals surface area contributed by atoms with Crippen LogP contribution in [-0.2, 0) is 0 Å². The Hall–Kier alpha value is -1.29. The number of hydrogen-bond donors (Lipinski definition) is 1. The molecule has 0 N–H and O–H groups in total. The summed E-state index contributed by atoms with van der Waals surface area (Å²) in [6.07, 6.45) is 0. The van der Waals surface area contributed by atoms with Crippen LogP contribution in [0.2, 0.25) is 0 Å². The minimum absolute atomic E-state index is 0.995. The normalized spacial score (nSPS) is 10.5. The van der Waals surface area contributed by atoms with Gasteiger partial charge in [-0.3, -0.25) is 0 Å². The first-order chi connectivity index (χ1) is 10.3. The summed E-state index contributed by atoms with van der Waals surface area (Å²) < 4.78 is 0. The van der Waals surface area contributed by atoms with E-state index in [2.05, 4.69) is 73.3 Å². The molecule has 0 aliphatic rings. The molecule has 0 aliphatic heterocycles. The molecule has 0 saturated carbocycles. The van der Waals surface area contributed by atoms with Crippen LogP contribution < -0.4 is 0 Å². The van der Waals surface area contributed by atoms with Gasteiger partial charge >= 0.3 is 0 Å². The highest BCUT2D eigenvalue weighted by Crippen LogP contribution is 2.33. The summed E-state index contributed by atoms with van der Waals surface area (Å²) in [6.45, 7) is 0. The fraction of sp³-hybridized carbons (Fsp3) is 0. The van der Waals surface area contributed by atoms with Crippen LogP contribution in [0.1, 0.15) is 0 Å². The zero-order valence-electron chi connectivity index (χ0n) is 11.3. The van der Waals surface area contributed by atoms with Crippen LogP contribution in [-0.4, -0.2) is 0 Å². The minimum Gasteiger partial charge on any atom is -0.143 e. The summed E-state index contributed by atoms with van der Waals surface area (Å²) >= 11 is 7.94. The Morgan fingerprint density at radius 3 is 1.71 bits per heavy atom. The fourth-order valence-electron chi connectivity index (χ4n) is 1.91. The third-order valence-electron chi connectivity index (χ3n) is 2.84. The van der Waals surface area contributed by atoms with Gasteiger partial charge in [0.05, 0.1) is 0 Å². The molecule has 0 fully saturated rings. The van der Waals surface area contributed by atoms with Crippen molar-refractivity contribution < 1.29 is 0 Å². The molecule has 3 heteroatoms. The highest BCUT2D eigenvalue weighted by Gasteiger charge is 2.01. The topological polar surface area (TPSA) is 0 Å². The van der Waals surface area contributed by atoms with Crippen LogP contribution >= 0.6 is 36.2 Å². The molecule has 0 heterocycles. The number of thiol groups is 1. The number of benzene rings is 3. The van der Waals surface area contributed by atoms with E-state index in [1.165, 1.54) is 19.6 Å². The van der Waals surface area contributed by atoms with Crippen LogP contribution in [0, 0.1) is 0 Å². The summed E-state index contributed by atoms with van der Waals surface area (Å²) in [7, 11) is 0. The molecule has 0 amide bonds. The first-order valence-electron chi connectivity index (χ1n) is 6.59. The third kappa shape index (κ3) is 4.34. The highest BCUT2D eigenvalue weighted by molar-refractivity contribution is 8.00. The van der Waals surface area contributed by atoms with Gasteiger partial charge in [0.1, 0.15) is 0 Å². The monoisotopic (exact) mass is 326 g/mol. The van der Waals surface area contributed by atoms with Crippen molar-refractivity contribution in [1.82, 2.24) is 0 Å². The Morgan fingerprint density at radius 2 is 1.05 bits per heavy atom. The molecule has 0 nitrogen and oxygen atoms in total. The summed E-state index contributed by atoms with van der Waals surface area (Å²) in [5.74, 6) is 0. The van der Waals surface area contributed by atoms with E-state index in [9.17, 15) is 0 Å². The van der Waals surface area contributed by atoms with E-state index >= 15 is 0 Å². The van der Waals surface area contributed by atoms with E-state index in [1.807, 2.05) is 18.2 Å². The number of hydrogen-bond acceptors (Lipinski definition) is 3. The van der Waals surface area contributed by atoms with Crippen molar-refractivity contribution >= 4 is 36.2 Å². The Balaban J connectivity index is 1.77. The Kier molecular flexibility index (Phi) is 4.96. The lowest BCUT2D eigenvalue weighted by Gasteiger charge is -2.06. The van der Waals surface area contributed by atoms with Crippen molar-refractivity contribution in [2.24, 2.45) is 0 Å². The smallest absolute Gasteiger partial charge is 0.0133 e. The van der Waals surface area contributed by atoms with Gasteiger partial charge in [0, 0.05) is 24.5 Å².